The number of epoxide rings is 1. The maximum Gasteiger partial charge on any atom is 0.0830 e. The molecule has 2 aliphatic heterocycles. The van der Waals surface area contributed by atoms with Crippen LogP contribution in [0.15, 0.2) is 12.2 Å². The van der Waals surface area contributed by atoms with Gasteiger partial charge in [0, 0.05) is 17.6 Å². The Labute approximate surface area is 99.7 Å². The van der Waals surface area contributed by atoms with Crippen LogP contribution in [0.25, 0.3) is 0 Å². The van der Waals surface area contributed by atoms with Crippen LogP contribution in [0.4, 0.5) is 0 Å². The van der Waals surface area contributed by atoms with Gasteiger partial charge < -0.3 is 4.74 Å². The van der Waals surface area contributed by atoms with Crippen LogP contribution in [-0.2, 0) is 4.74 Å². The van der Waals surface area contributed by atoms with Crippen molar-refractivity contribution >= 4 is 0 Å². The Hall–Kier alpha value is -0.340. The van der Waals surface area contributed by atoms with E-state index < -0.39 is 0 Å². The average Bonchev–Trinajstić information content (AvgIpc) is 2.91. The van der Waals surface area contributed by atoms with Crippen LogP contribution in [0.5, 0.6) is 0 Å². The minimum Gasteiger partial charge on any atom is -0.373 e. The smallest absolute Gasteiger partial charge is 0.0830 e. The first-order chi connectivity index (χ1) is 7.40. The Morgan fingerprint density at radius 2 is 2.12 bits per heavy atom. The second-order valence-electron chi connectivity index (χ2n) is 6.22. The molecule has 2 fully saturated rings. The van der Waals surface area contributed by atoms with Crippen molar-refractivity contribution in [1.82, 2.24) is 4.90 Å². The second kappa shape index (κ2) is 3.85. The number of nitrogens with zero attached hydrogens (tertiary/aromatic N) is 1. The predicted octanol–water partition coefficient (Wildman–Crippen LogP) is 2.98. The summed E-state index contributed by atoms with van der Waals surface area (Å²) in [5, 5.41) is 0. The molecule has 0 spiro atoms. The zero-order chi connectivity index (χ0) is 12.0. The SMILES string of the molecule is C=C1CCN(C(C)(C)C)C1(CC)C[C@@H]1CO1. The maximum atomic E-state index is 5.44. The summed E-state index contributed by atoms with van der Waals surface area (Å²) >= 11 is 0. The molecule has 0 aromatic rings. The van der Waals surface area contributed by atoms with E-state index >= 15 is 0 Å². The molecule has 92 valence electrons. The highest BCUT2D eigenvalue weighted by molar-refractivity contribution is 5.25. The molecule has 2 heteroatoms. The molecule has 2 rings (SSSR count). The Bertz CT molecular complexity index is 288. The zero-order valence-electron chi connectivity index (χ0n) is 11.2. The Morgan fingerprint density at radius 1 is 1.50 bits per heavy atom. The second-order valence-corrected chi connectivity index (χ2v) is 6.22. The highest BCUT2D eigenvalue weighted by atomic mass is 16.6. The van der Waals surface area contributed by atoms with Gasteiger partial charge in [0.05, 0.1) is 12.7 Å². The van der Waals surface area contributed by atoms with Crippen LogP contribution in [0.2, 0.25) is 0 Å². The van der Waals surface area contributed by atoms with Gasteiger partial charge in [-0.1, -0.05) is 19.1 Å². The first kappa shape index (κ1) is 12.1. The molecule has 0 aromatic heterocycles. The summed E-state index contributed by atoms with van der Waals surface area (Å²) < 4.78 is 5.44. The van der Waals surface area contributed by atoms with Gasteiger partial charge in [-0.2, -0.15) is 0 Å². The van der Waals surface area contributed by atoms with Gasteiger partial charge in [-0.15, -0.1) is 0 Å². The summed E-state index contributed by atoms with van der Waals surface area (Å²) in [4.78, 5) is 2.64. The Morgan fingerprint density at radius 3 is 2.56 bits per heavy atom. The third kappa shape index (κ3) is 1.93. The molecular formula is C14H25NO. The van der Waals surface area contributed by atoms with Crippen molar-refractivity contribution in [2.45, 2.75) is 64.1 Å². The highest BCUT2D eigenvalue weighted by Gasteiger charge is 2.49. The van der Waals surface area contributed by atoms with E-state index in [0.717, 1.165) is 32.4 Å². The average molecular weight is 223 g/mol. The Balaban J connectivity index is 2.25. The standard InChI is InChI=1S/C14H25NO/c1-6-14(9-12-10-16-12)11(2)7-8-15(14)13(3,4)5/h12H,2,6-10H2,1,3-5H3/t12-,14?/m1/s1. The topological polar surface area (TPSA) is 15.8 Å². The van der Waals surface area contributed by atoms with Crippen molar-refractivity contribution in [1.29, 1.82) is 0 Å². The van der Waals surface area contributed by atoms with Crippen LogP contribution in [0.3, 0.4) is 0 Å². The van der Waals surface area contributed by atoms with Gasteiger partial charge in [0.15, 0.2) is 0 Å². The third-order valence-electron chi connectivity index (χ3n) is 4.17. The first-order valence-corrected chi connectivity index (χ1v) is 6.48. The van der Waals surface area contributed by atoms with Crippen molar-refractivity contribution in [3.05, 3.63) is 12.2 Å². The summed E-state index contributed by atoms with van der Waals surface area (Å²) in [6.45, 7) is 15.7. The molecule has 0 N–H and O–H groups in total. The van der Waals surface area contributed by atoms with Gasteiger partial charge in [-0.3, -0.25) is 4.90 Å². The van der Waals surface area contributed by atoms with E-state index in [-0.39, 0.29) is 11.1 Å². The summed E-state index contributed by atoms with van der Waals surface area (Å²) in [5.74, 6) is 0. The van der Waals surface area contributed by atoms with Gasteiger partial charge >= 0.3 is 0 Å². The normalized spacial score (nSPS) is 35.8. The monoisotopic (exact) mass is 223 g/mol. The molecule has 2 heterocycles. The first-order valence-electron chi connectivity index (χ1n) is 6.48. The predicted molar refractivity (Wildman–Crippen MR) is 67.6 cm³/mol. The molecule has 0 amide bonds. The number of ether oxygens (including phenoxy) is 1. The summed E-state index contributed by atoms with van der Waals surface area (Å²) in [5.41, 5.74) is 1.84. The van der Waals surface area contributed by atoms with Crippen LogP contribution in [0, 0.1) is 0 Å². The van der Waals surface area contributed by atoms with Crippen LogP contribution in [0.1, 0.15) is 47.0 Å². The van der Waals surface area contributed by atoms with Gasteiger partial charge in [0.25, 0.3) is 0 Å². The molecule has 2 atom stereocenters. The lowest BCUT2D eigenvalue weighted by atomic mass is 9.82. The zero-order valence-corrected chi connectivity index (χ0v) is 11.2. The molecule has 0 aromatic carbocycles. The molecule has 0 bridgehead atoms. The van der Waals surface area contributed by atoms with E-state index in [9.17, 15) is 0 Å². The maximum absolute atomic E-state index is 5.44. The van der Waals surface area contributed by atoms with Crippen LogP contribution >= 0.6 is 0 Å². The lowest BCUT2D eigenvalue weighted by Gasteiger charge is -2.46. The van der Waals surface area contributed by atoms with Gasteiger partial charge in [-0.05, 0) is 40.0 Å². The lowest BCUT2D eigenvalue weighted by Crippen LogP contribution is -2.54. The van der Waals surface area contributed by atoms with Crippen molar-refractivity contribution in [2.75, 3.05) is 13.2 Å². The quantitative estimate of drug-likeness (QED) is 0.540. The number of hydrogen-bond donors (Lipinski definition) is 0. The fourth-order valence-corrected chi connectivity index (χ4v) is 3.26. The number of hydrogen-bond acceptors (Lipinski definition) is 2. The van der Waals surface area contributed by atoms with E-state index in [1.165, 1.54) is 5.57 Å². The number of likely N-dealkylation sites (tertiary alicyclic amines) is 1. The molecule has 2 aliphatic rings. The Kier molecular flexibility index (Phi) is 2.92. The largest absolute Gasteiger partial charge is 0.373 e. The lowest BCUT2D eigenvalue weighted by molar-refractivity contribution is 0.0455. The van der Waals surface area contributed by atoms with Gasteiger partial charge in [-0.25, -0.2) is 0 Å². The van der Waals surface area contributed by atoms with E-state index in [4.69, 9.17) is 4.74 Å². The molecular weight excluding hydrogens is 198 g/mol. The van der Waals surface area contributed by atoms with E-state index in [2.05, 4.69) is 39.2 Å². The fourth-order valence-electron chi connectivity index (χ4n) is 3.26. The molecule has 0 saturated carbocycles. The minimum absolute atomic E-state index is 0.194. The van der Waals surface area contributed by atoms with Crippen molar-refractivity contribution in [3.63, 3.8) is 0 Å². The van der Waals surface area contributed by atoms with Crippen molar-refractivity contribution in [3.8, 4) is 0 Å². The summed E-state index contributed by atoms with van der Waals surface area (Å²) in [6.07, 6.45) is 3.93. The molecule has 0 radical (unpaired) electrons. The summed E-state index contributed by atoms with van der Waals surface area (Å²) in [7, 11) is 0. The van der Waals surface area contributed by atoms with Crippen LogP contribution < -0.4 is 0 Å². The van der Waals surface area contributed by atoms with Crippen molar-refractivity contribution < 1.29 is 4.74 Å². The molecule has 1 unspecified atom stereocenters. The summed E-state index contributed by atoms with van der Waals surface area (Å²) in [6, 6.07) is 0. The van der Waals surface area contributed by atoms with Gasteiger partial charge in [0.2, 0.25) is 0 Å². The minimum atomic E-state index is 0.194. The third-order valence-corrected chi connectivity index (χ3v) is 4.17. The number of rotatable bonds is 3. The van der Waals surface area contributed by atoms with E-state index in [1.807, 2.05) is 0 Å². The van der Waals surface area contributed by atoms with E-state index in [0.29, 0.717) is 6.10 Å². The fraction of sp³-hybridized carbons (Fsp3) is 0.857. The van der Waals surface area contributed by atoms with E-state index in [1.54, 1.807) is 0 Å². The van der Waals surface area contributed by atoms with Gasteiger partial charge in [0.1, 0.15) is 0 Å². The van der Waals surface area contributed by atoms with Crippen molar-refractivity contribution in [2.24, 2.45) is 0 Å². The molecule has 2 saturated heterocycles. The highest BCUT2D eigenvalue weighted by Crippen LogP contribution is 2.45. The molecule has 2 nitrogen and oxygen atoms in total. The van der Waals surface area contributed by atoms with Crippen LogP contribution in [-0.4, -0.2) is 35.2 Å². The molecule has 0 aliphatic carbocycles. The molecule has 16 heavy (non-hydrogen) atoms.